The summed E-state index contributed by atoms with van der Waals surface area (Å²) in [5.74, 6) is -0.311. The number of aliphatic hydroxyl groups excluding tert-OH is 11. The minimum Gasteiger partial charge on any atom is -0.394 e. The number of amides is 1. The fourth-order valence-corrected chi connectivity index (χ4v) is 9.69. The van der Waals surface area contributed by atoms with Gasteiger partial charge in [0.05, 0.1) is 38.6 Å². The van der Waals surface area contributed by atoms with Gasteiger partial charge in [0, 0.05) is 6.42 Å². The minimum atomic E-state index is -1.99. The first-order chi connectivity index (χ1) is 40.8. The predicted octanol–water partition coefficient (Wildman–Crippen LogP) is 6.31. The maximum Gasteiger partial charge on any atom is 0.220 e. The van der Waals surface area contributed by atoms with Gasteiger partial charge in [0.15, 0.2) is 18.9 Å². The summed E-state index contributed by atoms with van der Waals surface area (Å²) in [6.45, 7) is 1.51. The lowest BCUT2D eigenvalue weighted by molar-refractivity contribution is -0.379. The zero-order chi connectivity index (χ0) is 61.2. The van der Waals surface area contributed by atoms with Gasteiger partial charge in [0.2, 0.25) is 5.91 Å². The molecule has 0 radical (unpaired) electrons. The molecule has 0 aliphatic carbocycles. The van der Waals surface area contributed by atoms with Crippen LogP contribution in [0.15, 0.2) is 109 Å². The third-order valence-electron chi connectivity index (χ3n) is 14.8. The lowest BCUT2D eigenvalue weighted by Gasteiger charge is -2.48. The van der Waals surface area contributed by atoms with E-state index in [1.807, 2.05) is 6.08 Å². The van der Waals surface area contributed by atoms with Crippen molar-refractivity contribution in [3.63, 3.8) is 0 Å². The Kier molecular flexibility index (Phi) is 41.4. The van der Waals surface area contributed by atoms with Crippen LogP contribution in [0.25, 0.3) is 0 Å². The quantitative estimate of drug-likeness (QED) is 0.0235. The molecule has 3 rings (SSSR count). The molecule has 3 aliphatic rings. The standard InChI is InChI=1S/C65H107NO18/c1-3-5-7-9-11-13-15-17-19-20-21-22-23-24-25-26-27-28-29-31-33-35-37-39-41-43-53(71)66-48(49(70)42-40-38-36-34-32-30-18-16-14-12-10-8-6-4-2)47-79-63-59(77)56(74)61(51(45-68)81-63)84-65-60(78)57(75)62(52(46-69)82-65)83-64-58(76)55(73)54(72)50(44-67)80-64/h5,7,11,13-14,16-17,19,21-22,24-25,27-28,32,34,40,42,48-52,54-65,67-70,72-78H,3-4,6,8-10,12,15,18,20,23,26,29-31,33,35-39,41,43-47H2,1-2H3,(H,66,71)/b7-5-,13-11-,16-14+,19-17-,22-21-,25-24-,28-27-,34-32+,42-40+. The third-order valence-corrected chi connectivity index (χ3v) is 14.8. The number of allylic oxidation sites excluding steroid dienone is 17. The van der Waals surface area contributed by atoms with Crippen LogP contribution in [-0.2, 0) is 33.2 Å². The van der Waals surface area contributed by atoms with Gasteiger partial charge in [-0.1, -0.05) is 168 Å². The monoisotopic (exact) mass is 1190 g/mol. The molecule has 84 heavy (non-hydrogen) atoms. The van der Waals surface area contributed by atoms with Crippen molar-refractivity contribution in [2.24, 2.45) is 0 Å². The van der Waals surface area contributed by atoms with E-state index in [1.54, 1.807) is 6.08 Å². The SMILES string of the molecule is CC/C=C\C/C=C\C/C=C\C/C=C\C/C=C\C/C=C\CCCCCCCCC(=O)NC(COC1OC(CO)C(OC2OC(CO)C(OC3OC(CO)C(O)C(O)C3O)C(O)C2O)C(O)C1O)C(O)/C=C/CC/C=C/CC/C=C/CCCCCC. The summed E-state index contributed by atoms with van der Waals surface area (Å²) in [4.78, 5) is 13.3. The summed E-state index contributed by atoms with van der Waals surface area (Å²) >= 11 is 0. The molecule has 0 aromatic heterocycles. The topological polar surface area (TPSA) is 307 Å². The molecule has 3 aliphatic heterocycles. The van der Waals surface area contributed by atoms with Crippen LogP contribution in [0.3, 0.4) is 0 Å². The van der Waals surface area contributed by atoms with Gasteiger partial charge in [-0.3, -0.25) is 4.79 Å². The van der Waals surface area contributed by atoms with Gasteiger partial charge in [-0.15, -0.1) is 0 Å². The van der Waals surface area contributed by atoms with E-state index in [2.05, 4.69) is 116 Å². The number of hydrogen-bond acceptors (Lipinski definition) is 18. The van der Waals surface area contributed by atoms with Gasteiger partial charge in [-0.2, -0.15) is 0 Å². The highest BCUT2D eigenvalue weighted by molar-refractivity contribution is 5.76. The van der Waals surface area contributed by atoms with Gasteiger partial charge in [0.25, 0.3) is 0 Å². The Morgan fingerprint density at radius 1 is 0.440 bits per heavy atom. The Morgan fingerprint density at radius 3 is 1.33 bits per heavy atom. The normalized spacial score (nSPS) is 29.9. The van der Waals surface area contributed by atoms with Crippen LogP contribution in [0, 0.1) is 0 Å². The molecule has 17 atom stereocenters. The van der Waals surface area contributed by atoms with Gasteiger partial charge in [-0.05, 0) is 96.3 Å². The largest absolute Gasteiger partial charge is 0.394 e. The summed E-state index contributed by atoms with van der Waals surface area (Å²) in [6, 6.07) is -1.01. The highest BCUT2D eigenvalue weighted by atomic mass is 16.8. The second-order valence-electron chi connectivity index (χ2n) is 21.8. The summed E-state index contributed by atoms with van der Waals surface area (Å²) in [7, 11) is 0. The van der Waals surface area contributed by atoms with E-state index >= 15 is 0 Å². The molecule has 3 fully saturated rings. The van der Waals surface area contributed by atoms with Crippen LogP contribution in [-0.4, -0.2) is 193 Å². The Hall–Kier alpha value is -3.55. The number of unbranched alkanes of at least 4 members (excludes halogenated alkanes) is 12. The summed E-state index contributed by atoms with van der Waals surface area (Å²) in [5, 5.41) is 120. The van der Waals surface area contributed by atoms with Crippen molar-refractivity contribution in [1.29, 1.82) is 0 Å². The molecule has 19 nitrogen and oxygen atoms in total. The summed E-state index contributed by atoms with van der Waals surface area (Å²) in [5.41, 5.74) is 0. The van der Waals surface area contributed by atoms with Crippen molar-refractivity contribution in [2.45, 2.75) is 266 Å². The fraction of sp³-hybridized carbons (Fsp3) is 0.708. The molecule has 0 spiro atoms. The first-order valence-corrected chi connectivity index (χ1v) is 31.1. The van der Waals surface area contributed by atoms with Crippen molar-refractivity contribution in [2.75, 3.05) is 26.4 Å². The van der Waals surface area contributed by atoms with Crippen molar-refractivity contribution in [3.8, 4) is 0 Å². The highest BCUT2D eigenvalue weighted by Crippen LogP contribution is 2.33. The number of aliphatic hydroxyl groups is 11. The minimum absolute atomic E-state index is 0.207. The average molecular weight is 1190 g/mol. The van der Waals surface area contributed by atoms with Crippen LogP contribution in [0.4, 0.5) is 0 Å². The molecule has 17 unspecified atom stereocenters. The molecule has 0 aromatic carbocycles. The molecular formula is C65H107NO18. The number of rotatable bonds is 44. The maximum absolute atomic E-state index is 13.3. The Morgan fingerprint density at radius 2 is 0.833 bits per heavy atom. The van der Waals surface area contributed by atoms with Gasteiger partial charge >= 0.3 is 0 Å². The lowest BCUT2D eigenvalue weighted by Crippen LogP contribution is -2.66. The molecule has 0 aromatic rings. The molecule has 3 heterocycles. The number of carbonyl (C=O) groups is 1. The van der Waals surface area contributed by atoms with E-state index < -0.39 is 124 Å². The lowest BCUT2D eigenvalue weighted by atomic mass is 9.96. The molecule has 1 amide bonds. The second kappa shape index (κ2) is 46.6. The van der Waals surface area contributed by atoms with Crippen LogP contribution in [0.5, 0.6) is 0 Å². The van der Waals surface area contributed by atoms with Gasteiger partial charge < -0.3 is 89.9 Å². The number of ether oxygens (including phenoxy) is 6. The smallest absolute Gasteiger partial charge is 0.220 e. The molecule has 480 valence electrons. The van der Waals surface area contributed by atoms with E-state index in [0.29, 0.717) is 12.8 Å². The van der Waals surface area contributed by atoms with Crippen molar-refractivity contribution in [1.82, 2.24) is 5.32 Å². The van der Waals surface area contributed by atoms with Crippen LogP contribution in [0.1, 0.15) is 162 Å². The van der Waals surface area contributed by atoms with Crippen molar-refractivity contribution < 1.29 is 89.4 Å². The van der Waals surface area contributed by atoms with E-state index in [4.69, 9.17) is 28.4 Å². The first-order valence-electron chi connectivity index (χ1n) is 31.1. The molecule has 3 saturated heterocycles. The number of nitrogens with one attached hydrogen (secondary N) is 1. The summed E-state index contributed by atoms with van der Waals surface area (Å²) in [6.07, 6.45) is 33.5. The van der Waals surface area contributed by atoms with Gasteiger partial charge in [0.1, 0.15) is 73.2 Å². The fourth-order valence-electron chi connectivity index (χ4n) is 9.69. The van der Waals surface area contributed by atoms with E-state index in [-0.39, 0.29) is 18.9 Å². The van der Waals surface area contributed by atoms with Crippen LogP contribution >= 0.6 is 0 Å². The Balaban J connectivity index is 1.48. The number of carbonyl (C=O) groups excluding carboxylic acids is 1. The summed E-state index contributed by atoms with van der Waals surface area (Å²) < 4.78 is 34.2. The average Bonchev–Trinajstić information content (AvgIpc) is 3.68. The third kappa shape index (κ3) is 29.4. The highest BCUT2D eigenvalue weighted by Gasteiger charge is 2.53. The molecule has 19 heteroatoms. The second-order valence-corrected chi connectivity index (χ2v) is 21.8. The van der Waals surface area contributed by atoms with E-state index in [1.165, 1.54) is 25.7 Å². The zero-order valence-electron chi connectivity index (χ0n) is 50.1. The van der Waals surface area contributed by atoms with Gasteiger partial charge in [-0.25, -0.2) is 0 Å². The molecule has 0 saturated carbocycles. The Bertz CT molecular complexity index is 1950. The number of hydrogen-bond donors (Lipinski definition) is 12. The van der Waals surface area contributed by atoms with Crippen molar-refractivity contribution in [3.05, 3.63) is 109 Å². The van der Waals surface area contributed by atoms with Crippen LogP contribution in [0.2, 0.25) is 0 Å². The predicted molar refractivity (Wildman–Crippen MR) is 323 cm³/mol. The Labute approximate surface area is 500 Å². The van der Waals surface area contributed by atoms with Crippen molar-refractivity contribution >= 4 is 5.91 Å². The first kappa shape index (κ1) is 74.7. The molecule has 12 N–H and O–H groups in total. The zero-order valence-corrected chi connectivity index (χ0v) is 50.1. The molecule has 0 bridgehead atoms. The van der Waals surface area contributed by atoms with E-state index in [0.717, 1.165) is 103 Å². The van der Waals surface area contributed by atoms with E-state index in [9.17, 15) is 61.0 Å². The maximum atomic E-state index is 13.3. The van der Waals surface area contributed by atoms with Crippen LogP contribution < -0.4 is 5.32 Å². The molecular weight excluding hydrogens is 1080 g/mol.